The average molecular weight is 198 g/mol. The molecule has 1 saturated carbocycles. The van der Waals surface area contributed by atoms with Gasteiger partial charge in [-0.2, -0.15) is 0 Å². The molecule has 1 unspecified atom stereocenters. The zero-order valence-electron chi connectivity index (χ0n) is 8.95. The molecule has 0 bridgehead atoms. The maximum absolute atomic E-state index is 6.23. The SMILES string of the molecule is NC(CN1CCOCC1)C1CCCC1. The van der Waals surface area contributed by atoms with Crippen LogP contribution in [0.2, 0.25) is 0 Å². The van der Waals surface area contributed by atoms with Crippen LogP contribution in [0.3, 0.4) is 0 Å². The van der Waals surface area contributed by atoms with Gasteiger partial charge in [-0.25, -0.2) is 0 Å². The molecule has 0 radical (unpaired) electrons. The smallest absolute Gasteiger partial charge is 0.0594 e. The molecule has 2 rings (SSSR count). The molecule has 14 heavy (non-hydrogen) atoms. The van der Waals surface area contributed by atoms with Crippen molar-refractivity contribution in [1.82, 2.24) is 4.90 Å². The van der Waals surface area contributed by atoms with Crippen molar-refractivity contribution in [2.45, 2.75) is 31.7 Å². The highest BCUT2D eigenvalue weighted by Gasteiger charge is 2.24. The zero-order valence-corrected chi connectivity index (χ0v) is 8.95. The summed E-state index contributed by atoms with van der Waals surface area (Å²) in [4.78, 5) is 2.45. The standard InChI is InChI=1S/C11H22N2O/c12-11(10-3-1-2-4-10)9-13-5-7-14-8-6-13/h10-11H,1-9,12H2. The zero-order chi connectivity index (χ0) is 9.80. The van der Waals surface area contributed by atoms with Crippen LogP contribution in [0.15, 0.2) is 0 Å². The Morgan fingerprint density at radius 2 is 1.86 bits per heavy atom. The summed E-state index contributed by atoms with van der Waals surface area (Å²) in [5.41, 5.74) is 6.23. The van der Waals surface area contributed by atoms with Gasteiger partial charge in [0.1, 0.15) is 0 Å². The molecule has 1 atom stereocenters. The van der Waals surface area contributed by atoms with E-state index in [0.29, 0.717) is 6.04 Å². The lowest BCUT2D eigenvalue weighted by Gasteiger charge is -2.31. The lowest BCUT2D eigenvalue weighted by Crippen LogP contribution is -2.46. The van der Waals surface area contributed by atoms with Gasteiger partial charge in [-0.05, 0) is 18.8 Å². The molecule has 1 aliphatic carbocycles. The number of morpholine rings is 1. The number of hydrogen-bond donors (Lipinski definition) is 1. The Bertz CT molecular complexity index is 163. The highest BCUT2D eigenvalue weighted by atomic mass is 16.5. The monoisotopic (exact) mass is 198 g/mol. The predicted octanol–water partition coefficient (Wildman–Crippen LogP) is 0.836. The van der Waals surface area contributed by atoms with Crippen molar-refractivity contribution in [3.8, 4) is 0 Å². The van der Waals surface area contributed by atoms with Crippen LogP contribution in [0.4, 0.5) is 0 Å². The van der Waals surface area contributed by atoms with Crippen molar-refractivity contribution in [1.29, 1.82) is 0 Å². The second kappa shape index (κ2) is 5.10. The second-order valence-electron chi connectivity index (χ2n) is 4.62. The first-order chi connectivity index (χ1) is 6.86. The third kappa shape index (κ3) is 2.69. The lowest BCUT2D eigenvalue weighted by molar-refractivity contribution is 0.0326. The number of rotatable bonds is 3. The van der Waals surface area contributed by atoms with E-state index in [-0.39, 0.29) is 0 Å². The van der Waals surface area contributed by atoms with Crippen LogP contribution < -0.4 is 5.73 Å². The highest BCUT2D eigenvalue weighted by molar-refractivity contribution is 4.81. The van der Waals surface area contributed by atoms with Crippen molar-refractivity contribution in [2.24, 2.45) is 11.7 Å². The van der Waals surface area contributed by atoms with Gasteiger partial charge in [0.2, 0.25) is 0 Å². The molecule has 0 spiro atoms. The minimum Gasteiger partial charge on any atom is -0.379 e. The molecule has 1 saturated heterocycles. The summed E-state index contributed by atoms with van der Waals surface area (Å²) < 4.78 is 5.32. The first-order valence-corrected chi connectivity index (χ1v) is 5.92. The van der Waals surface area contributed by atoms with E-state index in [2.05, 4.69) is 4.90 Å². The van der Waals surface area contributed by atoms with Crippen LogP contribution in [0.5, 0.6) is 0 Å². The quantitative estimate of drug-likeness (QED) is 0.730. The van der Waals surface area contributed by atoms with E-state index in [4.69, 9.17) is 10.5 Å². The van der Waals surface area contributed by atoms with Gasteiger partial charge in [-0.3, -0.25) is 4.90 Å². The molecule has 0 aromatic rings. The van der Waals surface area contributed by atoms with Crippen molar-refractivity contribution in [2.75, 3.05) is 32.8 Å². The van der Waals surface area contributed by atoms with Crippen LogP contribution in [-0.2, 0) is 4.74 Å². The molecule has 2 fully saturated rings. The van der Waals surface area contributed by atoms with E-state index < -0.39 is 0 Å². The average Bonchev–Trinajstić information content (AvgIpc) is 2.72. The fourth-order valence-electron chi connectivity index (χ4n) is 2.62. The molecule has 1 aliphatic heterocycles. The second-order valence-corrected chi connectivity index (χ2v) is 4.62. The van der Waals surface area contributed by atoms with Crippen molar-refractivity contribution >= 4 is 0 Å². The Hall–Kier alpha value is -0.120. The van der Waals surface area contributed by atoms with Crippen LogP contribution in [0.25, 0.3) is 0 Å². The maximum Gasteiger partial charge on any atom is 0.0594 e. The maximum atomic E-state index is 6.23. The van der Waals surface area contributed by atoms with E-state index in [1.807, 2.05) is 0 Å². The Balaban J connectivity index is 1.72. The summed E-state index contributed by atoms with van der Waals surface area (Å²) in [7, 11) is 0. The summed E-state index contributed by atoms with van der Waals surface area (Å²) in [6.45, 7) is 4.99. The van der Waals surface area contributed by atoms with E-state index >= 15 is 0 Å². The van der Waals surface area contributed by atoms with Crippen LogP contribution in [0.1, 0.15) is 25.7 Å². The Labute approximate surface area is 86.6 Å². The Morgan fingerprint density at radius 1 is 1.21 bits per heavy atom. The molecule has 0 amide bonds. The van der Waals surface area contributed by atoms with Gasteiger partial charge in [0.25, 0.3) is 0 Å². The van der Waals surface area contributed by atoms with E-state index in [1.165, 1.54) is 25.7 Å². The minimum atomic E-state index is 0.399. The summed E-state index contributed by atoms with van der Waals surface area (Å²) in [6.07, 6.45) is 5.49. The molecular formula is C11H22N2O. The molecule has 2 aliphatic rings. The van der Waals surface area contributed by atoms with Gasteiger partial charge in [0, 0.05) is 25.7 Å². The first kappa shape index (κ1) is 10.4. The van der Waals surface area contributed by atoms with Crippen molar-refractivity contribution < 1.29 is 4.74 Å². The van der Waals surface area contributed by atoms with Gasteiger partial charge in [-0.1, -0.05) is 12.8 Å². The first-order valence-electron chi connectivity index (χ1n) is 5.92. The van der Waals surface area contributed by atoms with Gasteiger partial charge in [0.15, 0.2) is 0 Å². The summed E-state index contributed by atoms with van der Waals surface area (Å²) in [5.74, 6) is 0.790. The topological polar surface area (TPSA) is 38.5 Å². The summed E-state index contributed by atoms with van der Waals surface area (Å²) in [6, 6.07) is 0.399. The fourth-order valence-corrected chi connectivity index (χ4v) is 2.62. The largest absolute Gasteiger partial charge is 0.379 e. The van der Waals surface area contributed by atoms with Crippen molar-refractivity contribution in [3.05, 3.63) is 0 Å². The molecule has 0 aromatic carbocycles. The van der Waals surface area contributed by atoms with Gasteiger partial charge in [-0.15, -0.1) is 0 Å². The van der Waals surface area contributed by atoms with Gasteiger partial charge in [0.05, 0.1) is 13.2 Å². The number of hydrogen-bond acceptors (Lipinski definition) is 3. The Kier molecular flexibility index (Phi) is 3.79. The third-order valence-corrected chi connectivity index (χ3v) is 3.58. The minimum absolute atomic E-state index is 0.399. The lowest BCUT2D eigenvalue weighted by atomic mass is 9.98. The molecule has 3 heteroatoms. The summed E-state index contributed by atoms with van der Waals surface area (Å²) in [5, 5.41) is 0. The molecule has 2 N–H and O–H groups in total. The molecule has 3 nitrogen and oxygen atoms in total. The highest BCUT2D eigenvalue weighted by Crippen LogP contribution is 2.27. The van der Waals surface area contributed by atoms with E-state index in [9.17, 15) is 0 Å². The summed E-state index contributed by atoms with van der Waals surface area (Å²) >= 11 is 0. The molecule has 0 aromatic heterocycles. The van der Waals surface area contributed by atoms with E-state index in [1.54, 1.807) is 0 Å². The van der Waals surface area contributed by atoms with E-state index in [0.717, 1.165) is 38.8 Å². The van der Waals surface area contributed by atoms with Crippen LogP contribution in [-0.4, -0.2) is 43.8 Å². The number of ether oxygens (including phenoxy) is 1. The van der Waals surface area contributed by atoms with Gasteiger partial charge < -0.3 is 10.5 Å². The Morgan fingerprint density at radius 3 is 2.50 bits per heavy atom. The molecular weight excluding hydrogens is 176 g/mol. The fraction of sp³-hybridized carbons (Fsp3) is 1.00. The normalized spacial score (nSPS) is 28.1. The van der Waals surface area contributed by atoms with Crippen LogP contribution >= 0.6 is 0 Å². The number of nitrogens with two attached hydrogens (primary N) is 1. The predicted molar refractivity (Wildman–Crippen MR) is 57.2 cm³/mol. The van der Waals surface area contributed by atoms with Crippen LogP contribution in [0, 0.1) is 5.92 Å². The van der Waals surface area contributed by atoms with Gasteiger partial charge >= 0.3 is 0 Å². The third-order valence-electron chi connectivity index (χ3n) is 3.58. The molecule has 82 valence electrons. The number of nitrogens with zero attached hydrogens (tertiary/aromatic N) is 1. The molecule has 1 heterocycles. The van der Waals surface area contributed by atoms with Crippen molar-refractivity contribution in [3.63, 3.8) is 0 Å².